The summed E-state index contributed by atoms with van der Waals surface area (Å²) in [5.74, 6) is 1.36. The molecule has 0 saturated heterocycles. The Hall–Kier alpha value is -7.49. The van der Waals surface area contributed by atoms with Gasteiger partial charge in [-0.1, -0.05) is 212 Å². The molecule has 0 fully saturated rings. The number of fused-ring (bicyclic) bond motifs is 7. The second kappa shape index (κ2) is 32.3. The first-order valence-corrected chi connectivity index (χ1v) is 29.3. The lowest BCUT2D eigenvalue weighted by atomic mass is 10.0. The summed E-state index contributed by atoms with van der Waals surface area (Å²) in [5, 5.41) is 49.8. The largest absolute Gasteiger partial charge is 0.436 e. The van der Waals surface area contributed by atoms with Gasteiger partial charge in [-0.15, -0.1) is 0 Å². The van der Waals surface area contributed by atoms with Crippen LogP contribution in [0.3, 0.4) is 0 Å². The second-order valence-corrected chi connectivity index (χ2v) is 23.1. The Kier molecular flexibility index (Phi) is 26.1. The van der Waals surface area contributed by atoms with E-state index in [2.05, 4.69) is 6.07 Å². The number of hydrogen-bond acceptors (Lipinski definition) is 11. The Morgan fingerprint density at radius 1 is 0.295 bits per heavy atom. The topological polar surface area (TPSA) is 191 Å². The molecule has 2 unspecified atom stereocenters. The van der Waals surface area contributed by atoms with E-state index in [-0.39, 0.29) is 0 Å². The predicted octanol–water partition coefficient (Wildman–Crippen LogP) is 10.1. The highest BCUT2D eigenvalue weighted by Gasteiger charge is 2.39. The third kappa shape index (κ3) is 14.2. The summed E-state index contributed by atoms with van der Waals surface area (Å²) < 4.78 is 53.6. The van der Waals surface area contributed by atoms with Gasteiger partial charge >= 0.3 is 14.7 Å². The van der Waals surface area contributed by atoms with Crippen molar-refractivity contribution in [3.63, 3.8) is 0 Å². The average Bonchev–Trinajstić information content (AvgIpc) is 3.57. The van der Waals surface area contributed by atoms with E-state index in [0.29, 0.717) is 11.5 Å². The van der Waals surface area contributed by atoms with Gasteiger partial charge in [-0.05, 0) is 70.4 Å². The Labute approximate surface area is 458 Å². The molecule has 6 N–H and O–H groups in total. The maximum atomic E-state index is 14.0. The van der Waals surface area contributed by atoms with Gasteiger partial charge in [0.05, 0.1) is 21.2 Å². The van der Waals surface area contributed by atoms with Crippen LogP contribution in [0.25, 0.3) is 33.0 Å². The molecular weight excluding hydrogens is 1040 g/mol. The molecule has 11 nitrogen and oxygen atoms in total. The third-order valence-electron chi connectivity index (χ3n) is 11.8. The van der Waals surface area contributed by atoms with Crippen LogP contribution in [0.5, 0.6) is 11.5 Å². The molecule has 14 heteroatoms. The summed E-state index contributed by atoms with van der Waals surface area (Å²) in [6.45, 7) is 0. The lowest BCUT2D eigenvalue weighted by Crippen LogP contribution is -2.25. The number of hydrogen-bond donors (Lipinski definition) is 6. The minimum atomic E-state index is -3.19. The van der Waals surface area contributed by atoms with Crippen molar-refractivity contribution in [2.24, 2.45) is 0 Å². The molecule has 12 rings (SSSR count). The first kappa shape index (κ1) is 63.0. The molecule has 0 amide bonds. The highest BCUT2D eigenvalue weighted by Crippen LogP contribution is 2.55. The Bertz CT molecular complexity index is 3390. The summed E-state index contributed by atoms with van der Waals surface area (Å²) in [6, 6.07) is 83.8. The molecule has 0 aliphatic carbocycles. The molecule has 0 bridgehead atoms. The van der Waals surface area contributed by atoms with Gasteiger partial charge in [0.2, 0.25) is 0 Å². The quantitative estimate of drug-likeness (QED) is 0.0900. The van der Waals surface area contributed by atoms with Crippen LogP contribution in [0.2, 0.25) is 0 Å². The Morgan fingerprint density at radius 3 is 0.987 bits per heavy atom. The smallest absolute Gasteiger partial charge is 0.307 e. The normalized spacial score (nSPS) is 14.4. The monoisotopic (exact) mass is 1100 g/mol. The van der Waals surface area contributed by atoms with Crippen LogP contribution in [0.4, 0.5) is 0 Å². The Morgan fingerprint density at radius 2 is 0.590 bits per heavy atom. The van der Waals surface area contributed by atoms with Crippen LogP contribution in [-0.4, -0.2) is 73.3 Å². The maximum Gasteiger partial charge on any atom is 0.307 e. The highest BCUT2D eigenvalue weighted by atomic mass is 31.2. The number of rotatable bonds is 5. The molecule has 2 aliphatic heterocycles. The predicted molar refractivity (Wildman–Crippen MR) is 324 cm³/mol. The lowest BCUT2D eigenvalue weighted by Gasteiger charge is -2.29. The molecule has 10 aromatic carbocycles. The van der Waals surface area contributed by atoms with Gasteiger partial charge in [0.25, 0.3) is 0 Å². The zero-order chi connectivity index (χ0) is 57.0. The first-order valence-electron chi connectivity index (χ1n) is 24.3. The van der Waals surface area contributed by atoms with E-state index >= 15 is 0 Å². The molecule has 10 aromatic rings. The summed E-state index contributed by atoms with van der Waals surface area (Å²) in [5.41, 5.74) is 3.97. The van der Waals surface area contributed by atoms with Gasteiger partial charge in [0.15, 0.2) is 7.14 Å². The molecule has 2 heterocycles. The SMILES string of the molecule is CO.CO.CO.CO.CO.CO.O=P(c1ccccc1)(c1ccccc1)c1ccccc1.O=P1(c2ccc3ccccc3c2)Oc2ccccc2-c2ccccc21.O=P1(c2ccccc2)Oc2ccccc2-c2ccccc21. The van der Waals surface area contributed by atoms with Crippen LogP contribution in [-0.2, 0) is 13.7 Å². The molecule has 2 aliphatic rings. The minimum Gasteiger partial charge on any atom is -0.436 e. The fourth-order valence-electron chi connectivity index (χ4n) is 8.56. The molecular formula is C64H67O11P3. The summed E-state index contributed by atoms with van der Waals surface area (Å²) in [4.78, 5) is 0. The van der Waals surface area contributed by atoms with E-state index in [1.807, 2.05) is 255 Å². The van der Waals surface area contributed by atoms with Crippen molar-refractivity contribution in [1.29, 1.82) is 0 Å². The number of aliphatic hydroxyl groups excluding tert-OH is 6. The number of benzene rings is 10. The van der Waals surface area contributed by atoms with Crippen LogP contribution in [0.15, 0.2) is 261 Å². The van der Waals surface area contributed by atoms with Gasteiger partial charge in [0.1, 0.15) is 11.5 Å². The van der Waals surface area contributed by atoms with Crippen molar-refractivity contribution >= 4 is 69.8 Å². The van der Waals surface area contributed by atoms with Gasteiger partial charge in [0, 0.05) is 69.7 Å². The molecule has 2 atom stereocenters. The lowest BCUT2D eigenvalue weighted by molar-refractivity contribution is 0.399. The van der Waals surface area contributed by atoms with E-state index in [1.165, 1.54) is 0 Å². The molecule has 404 valence electrons. The zero-order valence-corrected chi connectivity index (χ0v) is 47.1. The van der Waals surface area contributed by atoms with Crippen molar-refractivity contribution in [3.8, 4) is 33.8 Å². The second-order valence-electron chi connectivity index (χ2n) is 15.8. The molecule has 0 spiro atoms. The van der Waals surface area contributed by atoms with Crippen molar-refractivity contribution in [3.05, 3.63) is 261 Å². The van der Waals surface area contributed by atoms with Crippen molar-refractivity contribution in [2.45, 2.75) is 0 Å². The van der Waals surface area contributed by atoms with E-state index in [1.54, 1.807) is 0 Å². The van der Waals surface area contributed by atoms with Gasteiger partial charge in [-0.3, -0.25) is 9.13 Å². The van der Waals surface area contributed by atoms with Crippen LogP contribution >= 0.6 is 21.9 Å². The number of para-hydroxylation sites is 2. The van der Waals surface area contributed by atoms with Crippen LogP contribution in [0, 0.1) is 0 Å². The standard InChI is InChI=1S/C22H15O2P.C18H13O2P.C18H15OP.6CH4O/c23-25(18-14-13-16-7-1-2-8-17(16)15-18)22-12-6-4-10-20(22)19-9-3-5-11-21(19)24-25;19-21(14-8-2-1-3-9-14)18-13-7-5-11-16(18)15-10-4-6-12-17(15)20-21;19-20(16-10-4-1-5-11-16,17-12-6-2-7-13-17)18-14-8-3-9-15-18;6*1-2/h1-15H;1-13H;1-15H;6*2H,1H3. The maximum absolute atomic E-state index is 14.0. The van der Waals surface area contributed by atoms with E-state index < -0.39 is 21.9 Å². The van der Waals surface area contributed by atoms with Crippen molar-refractivity contribution < 1.29 is 53.4 Å². The molecule has 0 aromatic heterocycles. The van der Waals surface area contributed by atoms with Gasteiger partial charge in [-0.2, -0.15) is 0 Å². The fraction of sp³-hybridized carbons (Fsp3) is 0.0938. The zero-order valence-electron chi connectivity index (χ0n) is 44.4. The number of aliphatic hydroxyl groups is 6. The average molecular weight is 1110 g/mol. The van der Waals surface area contributed by atoms with Crippen molar-refractivity contribution in [2.75, 3.05) is 42.7 Å². The van der Waals surface area contributed by atoms with E-state index in [0.717, 1.165) is 113 Å². The van der Waals surface area contributed by atoms with E-state index in [9.17, 15) is 13.7 Å². The first-order chi connectivity index (χ1) is 38.4. The summed E-state index contributed by atoms with van der Waals surface area (Å²) in [7, 11) is -3.06. The third-order valence-corrected chi connectivity index (χ3v) is 19.7. The van der Waals surface area contributed by atoms with Gasteiger partial charge < -0.3 is 44.3 Å². The summed E-state index contributed by atoms with van der Waals surface area (Å²) in [6.07, 6.45) is 0. The minimum absolute atomic E-state index is 0.678. The van der Waals surface area contributed by atoms with Crippen molar-refractivity contribution in [1.82, 2.24) is 0 Å². The van der Waals surface area contributed by atoms with Gasteiger partial charge in [-0.25, -0.2) is 0 Å². The molecule has 0 radical (unpaired) electrons. The van der Waals surface area contributed by atoms with Crippen LogP contribution in [0.1, 0.15) is 0 Å². The molecule has 0 saturated carbocycles. The fourth-order valence-corrected chi connectivity index (χ4v) is 15.8. The Balaban J connectivity index is 0.000000231. The molecule has 78 heavy (non-hydrogen) atoms. The van der Waals surface area contributed by atoms with Crippen LogP contribution < -0.4 is 46.2 Å². The van der Waals surface area contributed by atoms with E-state index in [4.69, 9.17) is 39.7 Å². The summed E-state index contributed by atoms with van der Waals surface area (Å²) >= 11 is 0. The highest BCUT2D eigenvalue weighted by molar-refractivity contribution is 7.85.